The molecule has 3 heterocycles. The zero-order chi connectivity index (χ0) is 42.0. The van der Waals surface area contributed by atoms with E-state index in [1.165, 1.54) is 10.9 Å². The van der Waals surface area contributed by atoms with Gasteiger partial charge in [-0.05, 0) is 89.2 Å². The molecule has 302 valence electrons. The summed E-state index contributed by atoms with van der Waals surface area (Å²) in [4.78, 5) is 24.2. The third kappa shape index (κ3) is 7.05. The second-order valence-electron chi connectivity index (χ2n) is 15.4. The summed E-state index contributed by atoms with van der Waals surface area (Å²) in [5.41, 5.74) is 5.65. The van der Waals surface area contributed by atoms with Crippen molar-refractivity contribution in [3.63, 3.8) is 0 Å². The summed E-state index contributed by atoms with van der Waals surface area (Å²) in [7, 11) is 1.82. The molecule has 1 unspecified atom stereocenters. The van der Waals surface area contributed by atoms with Gasteiger partial charge in [0.15, 0.2) is 23.1 Å². The van der Waals surface area contributed by atoms with Crippen LogP contribution in [-0.4, -0.2) is 28.2 Å². The number of ether oxygens (including phenoxy) is 2. The number of benzene rings is 7. The van der Waals surface area contributed by atoms with Crippen LogP contribution in [0.1, 0.15) is 29.9 Å². The predicted octanol–water partition coefficient (Wildman–Crippen LogP) is 13.6. The van der Waals surface area contributed by atoms with Crippen LogP contribution in [0.3, 0.4) is 0 Å². The number of allylic oxidation sites excluding steroid dienone is 2. The molecule has 10 rings (SSSR count). The number of aryl methyl sites for hydroxylation is 1. The molecule has 0 N–H and O–H groups in total. The average molecular weight is 809 g/mol. The van der Waals surface area contributed by atoms with Gasteiger partial charge in [0.05, 0.1) is 23.3 Å². The molecule has 8 aromatic rings. The van der Waals surface area contributed by atoms with E-state index >= 15 is 0 Å². The van der Waals surface area contributed by atoms with Crippen molar-refractivity contribution in [3.05, 3.63) is 200 Å². The molecule has 0 amide bonds. The number of hydrogen-bond donors (Lipinski definition) is 0. The van der Waals surface area contributed by atoms with Crippen LogP contribution in [0.15, 0.2) is 194 Å². The summed E-state index contributed by atoms with van der Waals surface area (Å²) >= 11 is 0. The SMILES string of the molecule is C=CC(C1=CN(c2nc(-c3ccc(CCC/C=N\C)cc3)nc(N3c4ccccc4Oc4c3ccc3c4ccc4ccccc43)n2)c2ccccc2O1)[C@@H](C=C)c1ccccc1. The minimum absolute atomic E-state index is 0.0994. The summed E-state index contributed by atoms with van der Waals surface area (Å²) < 4.78 is 13.5. The Labute approximate surface area is 361 Å². The van der Waals surface area contributed by atoms with E-state index in [1.54, 1.807) is 0 Å². The lowest BCUT2D eigenvalue weighted by atomic mass is 9.84. The van der Waals surface area contributed by atoms with Crippen LogP contribution in [0.5, 0.6) is 17.2 Å². The molecule has 2 atom stereocenters. The van der Waals surface area contributed by atoms with Crippen LogP contribution in [0.4, 0.5) is 29.0 Å². The van der Waals surface area contributed by atoms with Gasteiger partial charge < -0.3 is 14.5 Å². The molecule has 62 heavy (non-hydrogen) atoms. The van der Waals surface area contributed by atoms with Gasteiger partial charge >= 0.3 is 0 Å². The Morgan fingerprint density at radius 2 is 1.31 bits per heavy atom. The summed E-state index contributed by atoms with van der Waals surface area (Å²) in [5.74, 6) is 3.85. The zero-order valence-corrected chi connectivity index (χ0v) is 34.4. The third-order valence-corrected chi connectivity index (χ3v) is 11.7. The summed E-state index contributed by atoms with van der Waals surface area (Å²) in [5, 5.41) is 4.43. The molecular formula is C54H44N6O2. The fourth-order valence-electron chi connectivity index (χ4n) is 8.57. The lowest BCUT2D eigenvalue weighted by molar-refractivity contribution is 0.354. The quantitative estimate of drug-likeness (QED) is 0.0526. The van der Waals surface area contributed by atoms with Gasteiger partial charge in [-0.2, -0.15) is 15.0 Å². The van der Waals surface area contributed by atoms with E-state index in [1.807, 2.05) is 103 Å². The molecule has 0 radical (unpaired) electrons. The highest BCUT2D eigenvalue weighted by atomic mass is 16.5. The van der Waals surface area contributed by atoms with Crippen molar-refractivity contribution in [2.75, 3.05) is 16.8 Å². The first-order valence-electron chi connectivity index (χ1n) is 21.0. The van der Waals surface area contributed by atoms with Gasteiger partial charge in [-0.15, -0.1) is 13.2 Å². The third-order valence-electron chi connectivity index (χ3n) is 11.7. The Bertz CT molecular complexity index is 3030. The minimum atomic E-state index is -0.245. The number of anilines is 5. The van der Waals surface area contributed by atoms with Gasteiger partial charge in [0, 0.05) is 29.8 Å². The molecule has 0 fully saturated rings. The van der Waals surface area contributed by atoms with E-state index in [0.29, 0.717) is 35.0 Å². The van der Waals surface area contributed by atoms with E-state index in [-0.39, 0.29) is 11.8 Å². The molecule has 8 nitrogen and oxygen atoms in total. The van der Waals surface area contributed by atoms with Crippen molar-refractivity contribution < 1.29 is 9.47 Å². The Balaban J connectivity index is 1.16. The number of unbranched alkanes of at least 4 members (excludes halogenated alkanes) is 1. The van der Waals surface area contributed by atoms with Gasteiger partial charge in [0.25, 0.3) is 0 Å². The maximum atomic E-state index is 6.81. The van der Waals surface area contributed by atoms with Gasteiger partial charge in [-0.1, -0.05) is 127 Å². The topological polar surface area (TPSA) is 76.0 Å². The highest BCUT2D eigenvalue weighted by Gasteiger charge is 2.33. The molecule has 2 aliphatic rings. The summed E-state index contributed by atoms with van der Waals surface area (Å²) in [6.45, 7) is 8.51. The Morgan fingerprint density at radius 3 is 2.10 bits per heavy atom. The van der Waals surface area contributed by atoms with Gasteiger partial charge in [0.1, 0.15) is 5.76 Å². The standard InChI is InChI=1S/C54H44N6O2/c1-4-40(37-18-7-6-8-19-37)41(5-2)50-35-59(45-22-11-13-24-48(45)61-50)53-56-52(39-28-26-36(27-29-39)17-15-16-34-55-3)57-54(58-53)60-46-23-12-14-25-49(46)62-51-44-31-30-38-20-9-10-21-42(38)43(44)32-33-47(51)60/h4-14,18-35,40-41H,1-2,15-17H2,3H3/b55-34-/t40-,41?/m0/s1. The smallest absolute Gasteiger partial charge is 0.240 e. The summed E-state index contributed by atoms with van der Waals surface area (Å²) in [6.07, 6.45) is 10.7. The largest absolute Gasteiger partial charge is 0.457 e. The van der Waals surface area contributed by atoms with E-state index in [0.717, 1.165) is 69.4 Å². The molecule has 0 bridgehead atoms. The monoisotopic (exact) mass is 808 g/mol. The average Bonchev–Trinajstić information content (AvgIpc) is 3.33. The van der Waals surface area contributed by atoms with Crippen LogP contribution in [-0.2, 0) is 6.42 Å². The molecule has 0 saturated heterocycles. The first-order chi connectivity index (χ1) is 30.6. The maximum Gasteiger partial charge on any atom is 0.240 e. The molecule has 7 aromatic carbocycles. The van der Waals surface area contributed by atoms with Crippen molar-refractivity contribution in [1.29, 1.82) is 0 Å². The first-order valence-corrected chi connectivity index (χ1v) is 21.0. The van der Waals surface area contributed by atoms with E-state index < -0.39 is 0 Å². The lowest BCUT2D eigenvalue weighted by Crippen LogP contribution is -2.26. The Hall–Kier alpha value is -7.84. The molecule has 0 spiro atoms. The molecule has 1 aromatic heterocycles. The van der Waals surface area contributed by atoms with Gasteiger partial charge in [-0.25, -0.2) is 0 Å². The van der Waals surface area contributed by atoms with E-state index in [9.17, 15) is 0 Å². The fourth-order valence-corrected chi connectivity index (χ4v) is 8.57. The van der Waals surface area contributed by atoms with Crippen LogP contribution in [0, 0.1) is 5.92 Å². The van der Waals surface area contributed by atoms with Crippen LogP contribution < -0.4 is 19.3 Å². The number of fused-ring (bicyclic) bond motifs is 7. The van der Waals surface area contributed by atoms with Crippen molar-refractivity contribution >= 4 is 56.7 Å². The van der Waals surface area contributed by atoms with E-state index in [4.69, 9.17) is 24.4 Å². The number of nitrogens with zero attached hydrogens (tertiary/aromatic N) is 6. The molecule has 0 saturated carbocycles. The Morgan fingerprint density at radius 1 is 0.613 bits per heavy atom. The van der Waals surface area contributed by atoms with E-state index in [2.05, 4.69) is 108 Å². The van der Waals surface area contributed by atoms with Crippen molar-refractivity contribution in [2.24, 2.45) is 10.9 Å². The number of aromatic nitrogens is 3. The normalized spacial score (nSPS) is 14.0. The van der Waals surface area contributed by atoms with Gasteiger partial charge in [-0.3, -0.25) is 9.80 Å². The Kier molecular flexibility index (Phi) is 10.3. The van der Waals surface area contributed by atoms with Crippen LogP contribution in [0.25, 0.3) is 32.9 Å². The van der Waals surface area contributed by atoms with Crippen molar-refractivity contribution in [1.82, 2.24) is 15.0 Å². The zero-order valence-electron chi connectivity index (χ0n) is 34.4. The minimum Gasteiger partial charge on any atom is -0.457 e. The first kappa shape index (κ1) is 38.4. The summed E-state index contributed by atoms with van der Waals surface area (Å²) in [6, 6.07) is 51.8. The maximum absolute atomic E-state index is 6.81. The molecular weight excluding hydrogens is 765 g/mol. The highest BCUT2D eigenvalue weighted by Crippen LogP contribution is 2.53. The molecule has 2 aliphatic heterocycles. The number of para-hydroxylation sites is 4. The fraction of sp³-hybridized carbons (Fsp3) is 0.111. The predicted molar refractivity (Wildman–Crippen MR) is 253 cm³/mol. The lowest BCUT2D eigenvalue weighted by Gasteiger charge is -2.34. The number of rotatable bonds is 12. The number of aliphatic imine (C=N–C) groups is 1. The molecule has 8 heteroatoms. The van der Waals surface area contributed by atoms with Gasteiger partial charge in [0.2, 0.25) is 11.9 Å². The van der Waals surface area contributed by atoms with Crippen molar-refractivity contribution in [2.45, 2.75) is 25.2 Å². The molecule has 0 aliphatic carbocycles. The highest BCUT2D eigenvalue weighted by molar-refractivity contribution is 6.12. The second kappa shape index (κ2) is 16.7. The van der Waals surface area contributed by atoms with Crippen molar-refractivity contribution in [3.8, 4) is 28.6 Å². The van der Waals surface area contributed by atoms with Crippen LogP contribution >= 0.6 is 0 Å². The second-order valence-corrected chi connectivity index (χ2v) is 15.4. The number of hydrogen-bond acceptors (Lipinski definition) is 8. The van der Waals surface area contributed by atoms with Crippen LogP contribution in [0.2, 0.25) is 0 Å².